The summed E-state index contributed by atoms with van der Waals surface area (Å²) in [5.74, 6) is 0.0288. The minimum absolute atomic E-state index is 0.0288. The number of fused-ring (bicyclic) bond motifs is 1. The topological polar surface area (TPSA) is 40.5 Å². The molecule has 1 aromatic rings. The molecule has 3 rings (SSSR count). The highest BCUT2D eigenvalue weighted by Crippen LogP contribution is 2.34. The number of nitrogens with zero attached hydrogens (tertiary/aromatic N) is 1. The number of halogens is 2. The quantitative estimate of drug-likeness (QED) is 0.902. The Labute approximate surface area is 134 Å². The van der Waals surface area contributed by atoms with Crippen molar-refractivity contribution in [1.82, 2.24) is 4.90 Å². The van der Waals surface area contributed by atoms with Gasteiger partial charge in [-0.05, 0) is 42.5 Å². The van der Waals surface area contributed by atoms with Gasteiger partial charge < -0.3 is 10.0 Å². The van der Waals surface area contributed by atoms with E-state index in [-0.39, 0.29) is 12.3 Å². The number of rotatable bonds is 2. The SMILES string of the molecule is O=C(CC1(O)CCCC1)N1CCc2c(Cl)cc(Cl)cc2C1. The fourth-order valence-corrected chi connectivity index (χ4v) is 4.06. The van der Waals surface area contributed by atoms with Crippen LogP contribution in [0.4, 0.5) is 0 Å². The fourth-order valence-electron chi connectivity index (χ4n) is 3.43. The maximum absolute atomic E-state index is 12.4. The van der Waals surface area contributed by atoms with Gasteiger partial charge in [0, 0.05) is 23.1 Å². The number of hydrogen-bond donors (Lipinski definition) is 1. The van der Waals surface area contributed by atoms with Crippen LogP contribution in [0.5, 0.6) is 0 Å². The Hall–Kier alpha value is -0.770. The van der Waals surface area contributed by atoms with Gasteiger partial charge in [0.05, 0.1) is 12.0 Å². The molecule has 0 atom stereocenters. The van der Waals surface area contributed by atoms with Gasteiger partial charge >= 0.3 is 0 Å². The summed E-state index contributed by atoms with van der Waals surface area (Å²) in [7, 11) is 0. The van der Waals surface area contributed by atoms with Crippen LogP contribution >= 0.6 is 23.2 Å². The van der Waals surface area contributed by atoms with E-state index in [4.69, 9.17) is 23.2 Å². The lowest BCUT2D eigenvalue weighted by molar-refractivity contribution is -0.137. The summed E-state index contributed by atoms with van der Waals surface area (Å²) in [6.45, 7) is 1.19. The Kier molecular flexibility index (Phi) is 4.17. The van der Waals surface area contributed by atoms with Crippen molar-refractivity contribution in [1.29, 1.82) is 0 Å². The molecule has 114 valence electrons. The lowest BCUT2D eigenvalue weighted by atomic mass is 9.95. The van der Waals surface area contributed by atoms with Gasteiger partial charge in [-0.2, -0.15) is 0 Å². The molecule has 0 radical (unpaired) electrons. The molecule has 0 unspecified atom stereocenters. The lowest BCUT2D eigenvalue weighted by Gasteiger charge is -2.32. The van der Waals surface area contributed by atoms with Crippen LogP contribution in [0.25, 0.3) is 0 Å². The molecule has 1 saturated carbocycles. The molecular weight excluding hydrogens is 309 g/mol. The average molecular weight is 328 g/mol. The van der Waals surface area contributed by atoms with Crippen LogP contribution in [-0.2, 0) is 17.8 Å². The Morgan fingerprint density at radius 1 is 1.29 bits per heavy atom. The first kappa shape index (κ1) is 15.1. The van der Waals surface area contributed by atoms with E-state index in [9.17, 15) is 9.90 Å². The summed E-state index contributed by atoms with van der Waals surface area (Å²) in [6, 6.07) is 3.63. The molecule has 5 heteroatoms. The second kappa shape index (κ2) is 5.79. The smallest absolute Gasteiger partial charge is 0.225 e. The molecule has 1 aliphatic carbocycles. The van der Waals surface area contributed by atoms with Gasteiger partial charge in [-0.3, -0.25) is 4.79 Å². The van der Waals surface area contributed by atoms with Crippen LogP contribution in [0, 0.1) is 0 Å². The van der Waals surface area contributed by atoms with E-state index in [1.54, 1.807) is 6.07 Å². The maximum atomic E-state index is 12.4. The van der Waals surface area contributed by atoms with Gasteiger partial charge in [0.2, 0.25) is 5.91 Å². The standard InChI is InChI=1S/C16H19Cl2NO2/c17-12-7-11-10-19(6-3-13(11)14(18)8-12)15(20)9-16(21)4-1-2-5-16/h7-8,21H,1-6,9-10H2. The van der Waals surface area contributed by atoms with Crippen molar-refractivity contribution >= 4 is 29.1 Å². The summed E-state index contributed by atoms with van der Waals surface area (Å²) >= 11 is 12.2. The molecular formula is C16H19Cl2NO2. The minimum atomic E-state index is -0.788. The molecule has 1 aromatic carbocycles. The number of amides is 1. The van der Waals surface area contributed by atoms with E-state index in [0.29, 0.717) is 23.1 Å². The first-order valence-electron chi connectivity index (χ1n) is 7.44. The molecule has 1 aliphatic heterocycles. The van der Waals surface area contributed by atoms with Crippen molar-refractivity contribution in [3.8, 4) is 0 Å². The highest BCUT2D eigenvalue weighted by Gasteiger charge is 2.35. The first-order chi connectivity index (χ1) is 9.97. The Morgan fingerprint density at radius 2 is 2.00 bits per heavy atom. The third-order valence-electron chi connectivity index (χ3n) is 4.61. The molecule has 1 heterocycles. The highest BCUT2D eigenvalue weighted by atomic mass is 35.5. The van der Waals surface area contributed by atoms with Crippen LogP contribution < -0.4 is 0 Å². The molecule has 0 aromatic heterocycles. The fraction of sp³-hybridized carbons (Fsp3) is 0.562. The number of benzene rings is 1. The molecule has 0 saturated heterocycles. The average Bonchev–Trinajstić information content (AvgIpc) is 2.84. The van der Waals surface area contributed by atoms with Gasteiger partial charge in [-0.1, -0.05) is 36.0 Å². The summed E-state index contributed by atoms with van der Waals surface area (Å²) in [5.41, 5.74) is 1.32. The zero-order valence-electron chi connectivity index (χ0n) is 11.9. The van der Waals surface area contributed by atoms with Gasteiger partial charge in [-0.25, -0.2) is 0 Å². The van der Waals surface area contributed by atoms with Gasteiger partial charge in [0.15, 0.2) is 0 Å². The van der Waals surface area contributed by atoms with E-state index in [0.717, 1.165) is 43.2 Å². The van der Waals surface area contributed by atoms with Crippen molar-refractivity contribution in [3.05, 3.63) is 33.3 Å². The lowest BCUT2D eigenvalue weighted by Crippen LogP contribution is -2.40. The zero-order chi connectivity index (χ0) is 15.0. The normalized spacial score (nSPS) is 20.4. The Morgan fingerprint density at radius 3 is 2.71 bits per heavy atom. The summed E-state index contributed by atoms with van der Waals surface area (Å²) < 4.78 is 0. The van der Waals surface area contributed by atoms with Crippen LogP contribution in [-0.4, -0.2) is 28.1 Å². The monoisotopic (exact) mass is 327 g/mol. The van der Waals surface area contributed by atoms with Crippen LogP contribution in [0.3, 0.4) is 0 Å². The zero-order valence-corrected chi connectivity index (χ0v) is 13.4. The number of carbonyl (C=O) groups is 1. The highest BCUT2D eigenvalue weighted by molar-refractivity contribution is 6.35. The predicted molar refractivity (Wildman–Crippen MR) is 83.6 cm³/mol. The third-order valence-corrected chi connectivity index (χ3v) is 5.17. The largest absolute Gasteiger partial charge is 0.389 e. The Bertz CT molecular complexity index is 568. The van der Waals surface area contributed by atoms with E-state index in [1.165, 1.54) is 0 Å². The van der Waals surface area contributed by atoms with Crippen molar-refractivity contribution in [2.24, 2.45) is 0 Å². The number of hydrogen-bond acceptors (Lipinski definition) is 2. The van der Waals surface area contributed by atoms with E-state index in [1.807, 2.05) is 11.0 Å². The number of carbonyl (C=O) groups excluding carboxylic acids is 1. The molecule has 3 nitrogen and oxygen atoms in total. The molecule has 2 aliphatic rings. The van der Waals surface area contributed by atoms with Crippen molar-refractivity contribution in [3.63, 3.8) is 0 Å². The van der Waals surface area contributed by atoms with E-state index >= 15 is 0 Å². The molecule has 21 heavy (non-hydrogen) atoms. The predicted octanol–water partition coefficient (Wildman–Crippen LogP) is 3.57. The second-order valence-electron chi connectivity index (χ2n) is 6.20. The van der Waals surface area contributed by atoms with Crippen LogP contribution in [0.2, 0.25) is 10.0 Å². The summed E-state index contributed by atoms with van der Waals surface area (Å²) in [5, 5.41) is 11.7. The van der Waals surface area contributed by atoms with Crippen LogP contribution in [0.1, 0.15) is 43.2 Å². The summed E-state index contributed by atoms with van der Waals surface area (Å²) in [4.78, 5) is 14.2. The molecule has 0 bridgehead atoms. The third kappa shape index (κ3) is 3.20. The second-order valence-corrected chi connectivity index (χ2v) is 7.04. The van der Waals surface area contributed by atoms with Crippen LogP contribution in [0.15, 0.2) is 12.1 Å². The van der Waals surface area contributed by atoms with E-state index < -0.39 is 5.60 Å². The van der Waals surface area contributed by atoms with E-state index in [2.05, 4.69) is 0 Å². The molecule has 0 spiro atoms. The van der Waals surface area contributed by atoms with Crippen molar-refractivity contribution < 1.29 is 9.90 Å². The number of aliphatic hydroxyl groups is 1. The molecule has 1 N–H and O–H groups in total. The van der Waals surface area contributed by atoms with Gasteiger partial charge in [-0.15, -0.1) is 0 Å². The minimum Gasteiger partial charge on any atom is -0.389 e. The summed E-state index contributed by atoms with van der Waals surface area (Å²) in [6.07, 6.45) is 4.48. The van der Waals surface area contributed by atoms with Crippen molar-refractivity contribution in [2.75, 3.05) is 6.54 Å². The molecule has 1 amide bonds. The first-order valence-corrected chi connectivity index (χ1v) is 8.19. The molecule has 1 fully saturated rings. The van der Waals surface area contributed by atoms with Gasteiger partial charge in [0.25, 0.3) is 0 Å². The maximum Gasteiger partial charge on any atom is 0.225 e. The Balaban J connectivity index is 1.72. The van der Waals surface area contributed by atoms with Crippen molar-refractivity contribution in [2.45, 2.75) is 50.7 Å². The van der Waals surface area contributed by atoms with Gasteiger partial charge in [0.1, 0.15) is 0 Å².